The fourth-order valence-electron chi connectivity index (χ4n) is 1.75. The maximum atomic E-state index is 12.6. The SMILES string of the molecule is O=C(NCc1cccc(C(F)(F)F)c1)c1ccc(O)cc1. The molecule has 0 aliphatic heterocycles. The van der Waals surface area contributed by atoms with Gasteiger partial charge >= 0.3 is 6.18 Å². The van der Waals surface area contributed by atoms with Crippen LogP contribution in [-0.2, 0) is 12.7 Å². The van der Waals surface area contributed by atoms with E-state index >= 15 is 0 Å². The van der Waals surface area contributed by atoms with Gasteiger partial charge in [0.05, 0.1) is 5.56 Å². The molecule has 1 amide bonds. The van der Waals surface area contributed by atoms with Crippen LogP contribution in [0.4, 0.5) is 13.2 Å². The zero-order valence-corrected chi connectivity index (χ0v) is 10.8. The minimum absolute atomic E-state index is 0.0103. The van der Waals surface area contributed by atoms with Crippen LogP contribution in [0.3, 0.4) is 0 Å². The van der Waals surface area contributed by atoms with Crippen LogP contribution < -0.4 is 5.32 Å². The number of phenolic OH excluding ortho intramolecular Hbond substituents is 1. The highest BCUT2D eigenvalue weighted by molar-refractivity contribution is 5.94. The molecule has 0 bridgehead atoms. The van der Waals surface area contributed by atoms with Gasteiger partial charge < -0.3 is 10.4 Å². The first-order valence-electron chi connectivity index (χ1n) is 6.09. The number of hydrogen-bond acceptors (Lipinski definition) is 2. The van der Waals surface area contributed by atoms with Gasteiger partial charge in [-0.05, 0) is 42.0 Å². The Labute approximate surface area is 119 Å². The highest BCUT2D eigenvalue weighted by atomic mass is 19.4. The average molecular weight is 295 g/mol. The number of amides is 1. The summed E-state index contributed by atoms with van der Waals surface area (Å²) in [4.78, 5) is 11.8. The number of halogens is 3. The summed E-state index contributed by atoms with van der Waals surface area (Å²) in [6.07, 6.45) is -4.41. The fraction of sp³-hybridized carbons (Fsp3) is 0.133. The molecule has 0 aliphatic carbocycles. The van der Waals surface area contributed by atoms with Gasteiger partial charge in [-0.1, -0.05) is 12.1 Å². The van der Waals surface area contributed by atoms with E-state index in [9.17, 15) is 18.0 Å². The van der Waals surface area contributed by atoms with Crippen LogP contribution in [0.5, 0.6) is 5.75 Å². The Balaban J connectivity index is 2.03. The number of carbonyl (C=O) groups is 1. The first-order chi connectivity index (χ1) is 9.86. The van der Waals surface area contributed by atoms with Crippen LogP contribution in [0.1, 0.15) is 21.5 Å². The number of phenols is 1. The van der Waals surface area contributed by atoms with E-state index in [0.29, 0.717) is 11.1 Å². The molecule has 110 valence electrons. The molecule has 0 aromatic heterocycles. The second kappa shape index (κ2) is 5.87. The van der Waals surface area contributed by atoms with Crippen molar-refractivity contribution in [3.8, 4) is 5.75 Å². The van der Waals surface area contributed by atoms with Crippen molar-refractivity contribution in [1.29, 1.82) is 0 Å². The third-order valence-electron chi connectivity index (χ3n) is 2.84. The van der Waals surface area contributed by atoms with Gasteiger partial charge in [0, 0.05) is 12.1 Å². The Morgan fingerprint density at radius 1 is 1.10 bits per heavy atom. The molecule has 2 rings (SSSR count). The van der Waals surface area contributed by atoms with Crippen molar-refractivity contribution in [3.05, 3.63) is 65.2 Å². The number of carbonyl (C=O) groups excluding carboxylic acids is 1. The number of hydrogen-bond donors (Lipinski definition) is 2. The molecular formula is C15H12F3NO2. The molecule has 0 radical (unpaired) electrons. The molecule has 0 fully saturated rings. The summed E-state index contributed by atoms with van der Waals surface area (Å²) in [5.41, 5.74) is -0.0735. The van der Waals surface area contributed by atoms with Crippen LogP contribution >= 0.6 is 0 Å². The van der Waals surface area contributed by atoms with Crippen LogP contribution in [0, 0.1) is 0 Å². The van der Waals surface area contributed by atoms with Crippen molar-refractivity contribution in [2.24, 2.45) is 0 Å². The molecule has 0 atom stereocenters. The first kappa shape index (κ1) is 14.9. The summed E-state index contributed by atoms with van der Waals surface area (Å²) in [6, 6.07) is 10.4. The van der Waals surface area contributed by atoms with Gasteiger partial charge in [-0.25, -0.2) is 0 Å². The highest BCUT2D eigenvalue weighted by Crippen LogP contribution is 2.29. The number of nitrogens with one attached hydrogen (secondary N) is 1. The summed E-state index contributed by atoms with van der Waals surface area (Å²) >= 11 is 0. The molecular weight excluding hydrogens is 283 g/mol. The topological polar surface area (TPSA) is 49.3 Å². The van der Waals surface area contributed by atoms with E-state index in [0.717, 1.165) is 12.1 Å². The zero-order valence-electron chi connectivity index (χ0n) is 10.8. The summed E-state index contributed by atoms with van der Waals surface area (Å²) in [7, 11) is 0. The molecule has 0 spiro atoms. The van der Waals surface area contributed by atoms with Gasteiger partial charge in [0.15, 0.2) is 0 Å². The maximum absolute atomic E-state index is 12.6. The van der Waals surface area contributed by atoms with Crippen molar-refractivity contribution in [2.45, 2.75) is 12.7 Å². The van der Waals surface area contributed by atoms with Crippen molar-refractivity contribution < 1.29 is 23.1 Å². The maximum Gasteiger partial charge on any atom is 0.416 e. The van der Waals surface area contributed by atoms with Crippen LogP contribution in [0.15, 0.2) is 48.5 Å². The van der Waals surface area contributed by atoms with Gasteiger partial charge in [0.1, 0.15) is 5.75 Å². The fourth-order valence-corrected chi connectivity index (χ4v) is 1.75. The van der Waals surface area contributed by atoms with E-state index in [1.807, 2.05) is 0 Å². The highest BCUT2D eigenvalue weighted by Gasteiger charge is 2.30. The summed E-state index contributed by atoms with van der Waals surface area (Å²) in [5.74, 6) is -0.392. The largest absolute Gasteiger partial charge is 0.508 e. The van der Waals surface area contributed by atoms with Gasteiger partial charge in [-0.3, -0.25) is 4.79 Å². The van der Waals surface area contributed by atoms with Crippen LogP contribution in [0.25, 0.3) is 0 Å². The van der Waals surface area contributed by atoms with E-state index in [1.165, 1.54) is 36.4 Å². The molecule has 0 aliphatic rings. The Kier molecular flexibility index (Phi) is 4.16. The molecule has 2 aromatic carbocycles. The second-order valence-corrected chi connectivity index (χ2v) is 4.43. The monoisotopic (exact) mass is 295 g/mol. The molecule has 21 heavy (non-hydrogen) atoms. The summed E-state index contributed by atoms with van der Waals surface area (Å²) < 4.78 is 37.7. The van der Waals surface area contributed by atoms with Gasteiger partial charge in [0.2, 0.25) is 0 Å². The minimum atomic E-state index is -4.41. The smallest absolute Gasteiger partial charge is 0.416 e. The zero-order chi connectivity index (χ0) is 15.5. The quantitative estimate of drug-likeness (QED) is 0.912. The first-order valence-corrected chi connectivity index (χ1v) is 6.09. The molecule has 6 heteroatoms. The van der Waals surface area contributed by atoms with Gasteiger partial charge in [0.25, 0.3) is 5.91 Å². The molecule has 0 saturated heterocycles. The molecule has 2 N–H and O–H groups in total. The number of benzene rings is 2. The molecule has 3 nitrogen and oxygen atoms in total. The van der Waals surface area contributed by atoms with Crippen molar-refractivity contribution in [2.75, 3.05) is 0 Å². The van der Waals surface area contributed by atoms with Gasteiger partial charge in [-0.2, -0.15) is 13.2 Å². The van der Waals surface area contributed by atoms with E-state index in [2.05, 4.69) is 5.32 Å². The van der Waals surface area contributed by atoms with Crippen LogP contribution in [-0.4, -0.2) is 11.0 Å². The molecule has 0 unspecified atom stereocenters. The Morgan fingerprint density at radius 3 is 2.38 bits per heavy atom. The predicted octanol–water partition coefficient (Wildman–Crippen LogP) is 3.34. The van der Waals surface area contributed by atoms with E-state index in [1.54, 1.807) is 0 Å². The Morgan fingerprint density at radius 2 is 1.76 bits per heavy atom. The lowest BCUT2D eigenvalue weighted by atomic mass is 10.1. The number of rotatable bonds is 3. The van der Waals surface area contributed by atoms with Crippen molar-refractivity contribution in [1.82, 2.24) is 5.32 Å². The van der Waals surface area contributed by atoms with Crippen LogP contribution in [0.2, 0.25) is 0 Å². The minimum Gasteiger partial charge on any atom is -0.508 e. The average Bonchev–Trinajstić information content (AvgIpc) is 2.45. The van der Waals surface area contributed by atoms with Crippen molar-refractivity contribution >= 4 is 5.91 Å². The Bertz CT molecular complexity index is 636. The summed E-state index contributed by atoms with van der Waals surface area (Å²) in [5, 5.41) is 11.6. The predicted molar refractivity (Wildman–Crippen MR) is 70.7 cm³/mol. The third kappa shape index (κ3) is 3.98. The third-order valence-corrected chi connectivity index (χ3v) is 2.84. The Hall–Kier alpha value is -2.50. The van der Waals surface area contributed by atoms with Gasteiger partial charge in [-0.15, -0.1) is 0 Å². The van der Waals surface area contributed by atoms with Crippen molar-refractivity contribution in [3.63, 3.8) is 0 Å². The summed E-state index contributed by atoms with van der Waals surface area (Å²) in [6.45, 7) is -0.0103. The lowest BCUT2D eigenvalue weighted by molar-refractivity contribution is -0.137. The number of aromatic hydroxyl groups is 1. The lowest BCUT2D eigenvalue weighted by Crippen LogP contribution is -2.22. The number of alkyl halides is 3. The van der Waals surface area contributed by atoms with E-state index in [4.69, 9.17) is 5.11 Å². The molecule has 0 heterocycles. The second-order valence-electron chi connectivity index (χ2n) is 4.43. The molecule has 0 saturated carbocycles. The molecule has 2 aromatic rings. The standard InChI is InChI=1S/C15H12F3NO2/c16-15(17,18)12-3-1-2-10(8-12)9-19-14(21)11-4-6-13(20)7-5-11/h1-8,20H,9H2,(H,19,21). The van der Waals surface area contributed by atoms with E-state index in [-0.39, 0.29) is 12.3 Å². The normalized spacial score (nSPS) is 11.2. The lowest BCUT2D eigenvalue weighted by Gasteiger charge is -2.09. The van der Waals surface area contributed by atoms with E-state index < -0.39 is 17.6 Å².